The van der Waals surface area contributed by atoms with Crippen molar-refractivity contribution in [3.05, 3.63) is 30.2 Å². The lowest BCUT2D eigenvalue weighted by Crippen LogP contribution is -2.27. The number of pyridine rings is 1. The van der Waals surface area contributed by atoms with Crippen LogP contribution in [-0.2, 0) is 10.1 Å². The fourth-order valence-electron chi connectivity index (χ4n) is 1.67. The minimum absolute atomic E-state index is 0.482. The fraction of sp³-hybridized carbons (Fsp3) is 0.385. The fourth-order valence-corrected chi connectivity index (χ4v) is 1.98. The first-order chi connectivity index (χ1) is 8.89. The van der Waals surface area contributed by atoms with Crippen LogP contribution in [-0.4, -0.2) is 21.1 Å². The average Bonchev–Trinajstić information content (AvgIpc) is 2.74. The Balaban J connectivity index is 2.29. The SMILES string of the molecule is CC(C)(C)OC(=O)Nc1cc(CBr)cn2ccnc12. The molecule has 102 valence electrons. The largest absolute Gasteiger partial charge is 0.444 e. The molecular formula is C13H16BrN3O2. The number of nitrogens with one attached hydrogen (secondary N) is 1. The molecule has 0 saturated heterocycles. The van der Waals surface area contributed by atoms with Gasteiger partial charge in [0.2, 0.25) is 0 Å². The van der Waals surface area contributed by atoms with E-state index in [0.717, 1.165) is 5.56 Å². The Morgan fingerprint density at radius 1 is 1.53 bits per heavy atom. The maximum absolute atomic E-state index is 11.8. The number of anilines is 1. The summed E-state index contributed by atoms with van der Waals surface area (Å²) in [6.07, 6.45) is 5.00. The van der Waals surface area contributed by atoms with Crippen molar-refractivity contribution in [2.45, 2.75) is 31.7 Å². The van der Waals surface area contributed by atoms with Crippen LogP contribution in [0, 0.1) is 0 Å². The van der Waals surface area contributed by atoms with Crippen LogP contribution in [0.2, 0.25) is 0 Å². The highest BCUT2D eigenvalue weighted by Gasteiger charge is 2.17. The predicted octanol–water partition coefficient (Wildman–Crippen LogP) is 3.58. The molecule has 19 heavy (non-hydrogen) atoms. The van der Waals surface area contributed by atoms with Gasteiger partial charge in [-0.3, -0.25) is 5.32 Å². The number of halogens is 1. The van der Waals surface area contributed by atoms with E-state index in [1.54, 1.807) is 6.20 Å². The van der Waals surface area contributed by atoms with Crippen molar-refractivity contribution in [2.24, 2.45) is 0 Å². The van der Waals surface area contributed by atoms with Gasteiger partial charge in [-0.2, -0.15) is 0 Å². The van der Waals surface area contributed by atoms with Crippen LogP contribution in [0.5, 0.6) is 0 Å². The monoisotopic (exact) mass is 325 g/mol. The molecule has 2 rings (SSSR count). The van der Waals surface area contributed by atoms with Gasteiger partial charge < -0.3 is 9.14 Å². The Hall–Kier alpha value is -1.56. The zero-order valence-corrected chi connectivity index (χ0v) is 12.7. The zero-order valence-electron chi connectivity index (χ0n) is 11.1. The lowest BCUT2D eigenvalue weighted by Gasteiger charge is -2.20. The van der Waals surface area contributed by atoms with Crippen molar-refractivity contribution in [3.8, 4) is 0 Å². The Morgan fingerprint density at radius 3 is 2.89 bits per heavy atom. The number of nitrogens with zero attached hydrogens (tertiary/aromatic N) is 2. The van der Waals surface area contributed by atoms with Gasteiger partial charge in [0.1, 0.15) is 5.60 Å². The molecule has 0 bridgehead atoms. The van der Waals surface area contributed by atoms with Gasteiger partial charge in [-0.1, -0.05) is 15.9 Å². The van der Waals surface area contributed by atoms with E-state index in [2.05, 4.69) is 26.2 Å². The number of rotatable bonds is 2. The lowest BCUT2D eigenvalue weighted by atomic mass is 10.2. The first-order valence-electron chi connectivity index (χ1n) is 5.90. The van der Waals surface area contributed by atoms with Crippen LogP contribution in [0.25, 0.3) is 5.65 Å². The Morgan fingerprint density at radius 2 is 2.26 bits per heavy atom. The van der Waals surface area contributed by atoms with Gasteiger partial charge in [0.25, 0.3) is 0 Å². The van der Waals surface area contributed by atoms with Crippen LogP contribution in [0.3, 0.4) is 0 Å². The van der Waals surface area contributed by atoms with Crippen molar-refractivity contribution >= 4 is 33.4 Å². The van der Waals surface area contributed by atoms with Crippen LogP contribution in [0.15, 0.2) is 24.7 Å². The molecule has 0 aromatic carbocycles. The van der Waals surface area contributed by atoms with E-state index >= 15 is 0 Å². The summed E-state index contributed by atoms with van der Waals surface area (Å²) in [4.78, 5) is 16.0. The molecule has 2 aromatic rings. The topological polar surface area (TPSA) is 55.6 Å². The molecule has 0 fully saturated rings. The quantitative estimate of drug-likeness (QED) is 0.858. The molecule has 2 aromatic heterocycles. The smallest absolute Gasteiger partial charge is 0.412 e. The van der Waals surface area contributed by atoms with Crippen LogP contribution in [0.1, 0.15) is 26.3 Å². The summed E-state index contributed by atoms with van der Waals surface area (Å²) in [6.45, 7) is 5.48. The highest BCUT2D eigenvalue weighted by atomic mass is 79.9. The normalized spacial score (nSPS) is 11.6. The van der Waals surface area contributed by atoms with Gasteiger partial charge in [-0.05, 0) is 32.4 Å². The molecule has 2 heterocycles. The number of alkyl halides is 1. The number of imidazole rings is 1. The minimum atomic E-state index is -0.525. The summed E-state index contributed by atoms with van der Waals surface area (Å²) in [5.74, 6) is 0. The lowest BCUT2D eigenvalue weighted by molar-refractivity contribution is 0.0636. The summed E-state index contributed by atoms with van der Waals surface area (Å²) in [6, 6.07) is 1.88. The molecule has 0 aliphatic carbocycles. The second-order valence-electron chi connectivity index (χ2n) is 5.18. The highest BCUT2D eigenvalue weighted by Crippen LogP contribution is 2.20. The van der Waals surface area contributed by atoms with Gasteiger partial charge in [-0.15, -0.1) is 0 Å². The van der Waals surface area contributed by atoms with Gasteiger partial charge in [0.15, 0.2) is 5.65 Å². The predicted molar refractivity (Wildman–Crippen MR) is 77.7 cm³/mol. The maximum atomic E-state index is 11.8. The number of carbonyl (C=O) groups is 1. The molecule has 5 nitrogen and oxygen atoms in total. The second-order valence-corrected chi connectivity index (χ2v) is 5.74. The van der Waals surface area contributed by atoms with E-state index < -0.39 is 11.7 Å². The number of hydrogen-bond acceptors (Lipinski definition) is 3. The number of fused-ring (bicyclic) bond motifs is 1. The molecule has 0 radical (unpaired) electrons. The van der Waals surface area contributed by atoms with Crippen molar-refractivity contribution in [1.82, 2.24) is 9.38 Å². The average molecular weight is 326 g/mol. The first-order valence-corrected chi connectivity index (χ1v) is 7.03. The van der Waals surface area contributed by atoms with E-state index in [1.807, 2.05) is 43.6 Å². The molecule has 0 aliphatic heterocycles. The maximum Gasteiger partial charge on any atom is 0.412 e. The van der Waals surface area contributed by atoms with Crippen molar-refractivity contribution in [2.75, 3.05) is 5.32 Å². The summed E-state index contributed by atoms with van der Waals surface area (Å²) in [7, 11) is 0. The summed E-state index contributed by atoms with van der Waals surface area (Å²) in [5.41, 5.74) is 1.84. The number of ether oxygens (including phenoxy) is 1. The van der Waals surface area contributed by atoms with Crippen LogP contribution >= 0.6 is 15.9 Å². The van der Waals surface area contributed by atoms with Crippen molar-refractivity contribution < 1.29 is 9.53 Å². The number of aromatic nitrogens is 2. The van der Waals surface area contributed by atoms with Crippen molar-refractivity contribution in [3.63, 3.8) is 0 Å². The van der Waals surface area contributed by atoms with Crippen molar-refractivity contribution in [1.29, 1.82) is 0 Å². The minimum Gasteiger partial charge on any atom is -0.444 e. The molecule has 0 spiro atoms. The first kappa shape index (κ1) is 13.9. The number of hydrogen-bond donors (Lipinski definition) is 1. The Labute approximate surface area is 120 Å². The molecule has 1 N–H and O–H groups in total. The van der Waals surface area contributed by atoms with E-state index in [4.69, 9.17) is 4.74 Å². The summed E-state index contributed by atoms with van der Waals surface area (Å²) in [5, 5.41) is 3.44. The summed E-state index contributed by atoms with van der Waals surface area (Å²) < 4.78 is 7.11. The second kappa shape index (κ2) is 5.21. The molecule has 0 unspecified atom stereocenters. The third-order valence-corrected chi connectivity index (χ3v) is 2.98. The third kappa shape index (κ3) is 3.47. The van der Waals surface area contributed by atoms with Gasteiger partial charge in [0, 0.05) is 23.9 Å². The standard InChI is InChI=1S/C13H16BrN3O2/c1-13(2,3)19-12(18)16-10-6-9(7-14)8-17-5-4-15-11(10)17/h4-6,8H,7H2,1-3H3,(H,16,18). The van der Waals surface area contributed by atoms with Gasteiger partial charge in [0.05, 0.1) is 5.69 Å². The van der Waals surface area contributed by atoms with E-state index in [1.165, 1.54) is 0 Å². The van der Waals surface area contributed by atoms with E-state index in [0.29, 0.717) is 16.7 Å². The molecular weight excluding hydrogens is 310 g/mol. The van der Waals surface area contributed by atoms with Gasteiger partial charge in [-0.25, -0.2) is 9.78 Å². The Bertz CT molecular complexity index is 601. The molecule has 0 atom stereocenters. The van der Waals surface area contributed by atoms with Crippen LogP contribution < -0.4 is 5.32 Å². The summed E-state index contributed by atoms with van der Waals surface area (Å²) >= 11 is 3.40. The molecule has 1 amide bonds. The van der Waals surface area contributed by atoms with E-state index in [9.17, 15) is 4.79 Å². The number of amides is 1. The van der Waals surface area contributed by atoms with Gasteiger partial charge >= 0.3 is 6.09 Å². The number of carbonyl (C=O) groups excluding carboxylic acids is 1. The van der Waals surface area contributed by atoms with E-state index in [-0.39, 0.29) is 0 Å². The Kier molecular flexibility index (Phi) is 3.80. The third-order valence-electron chi connectivity index (χ3n) is 2.33. The highest BCUT2D eigenvalue weighted by molar-refractivity contribution is 9.08. The van der Waals surface area contributed by atoms with Crippen LogP contribution in [0.4, 0.5) is 10.5 Å². The molecule has 6 heteroatoms. The zero-order chi connectivity index (χ0) is 14.0. The molecule has 0 aliphatic rings. The molecule has 0 saturated carbocycles.